The van der Waals surface area contributed by atoms with E-state index in [1.807, 2.05) is 38.1 Å². The number of aromatic nitrogens is 2. The number of anilines is 2. The summed E-state index contributed by atoms with van der Waals surface area (Å²) in [6.45, 7) is 12.0. The van der Waals surface area contributed by atoms with Crippen molar-refractivity contribution in [2.45, 2.75) is 52.4 Å². The predicted molar refractivity (Wildman–Crippen MR) is 140 cm³/mol. The summed E-state index contributed by atoms with van der Waals surface area (Å²) in [6, 6.07) is 13.3. The highest BCUT2D eigenvalue weighted by Gasteiger charge is 2.15. The number of carbonyl (C=O) groups is 1. The van der Waals surface area contributed by atoms with Gasteiger partial charge in [0.25, 0.3) is 5.56 Å². The molecule has 6 nitrogen and oxygen atoms in total. The number of rotatable bonds is 9. The summed E-state index contributed by atoms with van der Waals surface area (Å²) in [7, 11) is 0. The number of thioether (sulfide) groups is 1. The van der Waals surface area contributed by atoms with Crippen molar-refractivity contribution >= 4 is 51.5 Å². The fourth-order valence-electron chi connectivity index (χ4n) is 3.72. The van der Waals surface area contributed by atoms with Gasteiger partial charge < -0.3 is 10.2 Å². The van der Waals surface area contributed by atoms with E-state index in [1.165, 1.54) is 11.8 Å². The smallest absolute Gasteiger partial charge is 0.262 e. The molecule has 0 bridgehead atoms. The molecule has 0 saturated heterocycles. The molecule has 0 saturated carbocycles. The van der Waals surface area contributed by atoms with Crippen molar-refractivity contribution in [3.8, 4) is 0 Å². The van der Waals surface area contributed by atoms with Crippen molar-refractivity contribution in [1.29, 1.82) is 0 Å². The number of fused-ring (bicyclic) bond motifs is 1. The first kappa shape index (κ1) is 25.1. The molecule has 0 aliphatic carbocycles. The Morgan fingerprint density at radius 2 is 1.85 bits per heavy atom. The molecule has 3 aromatic rings. The van der Waals surface area contributed by atoms with Gasteiger partial charge in [-0.1, -0.05) is 37.2 Å². The van der Waals surface area contributed by atoms with Crippen molar-refractivity contribution < 1.29 is 4.79 Å². The van der Waals surface area contributed by atoms with Gasteiger partial charge in [0.15, 0.2) is 5.16 Å². The second kappa shape index (κ2) is 11.1. The second-order valence-electron chi connectivity index (χ2n) is 8.63. The van der Waals surface area contributed by atoms with Crippen LogP contribution < -0.4 is 15.8 Å². The van der Waals surface area contributed by atoms with E-state index in [1.54, 1.807) is 22.8 Å². The van der Waals surface area contributed by atoms with Crippen LogP contribution in [0.5, 0.6) is 0 Å². The van der Waals surface area contributed by atoms with Gasteiger partial charge in [-0.3, -0.25) is 14.2 Å². The lowest BCUT2D eigenvalue weighted by Crippen LogP contribution is -2.30. The number of hydrogen-bond acceptors (Lipinski definition) is 5. The number of amides is 1. The molecule has 0 atom stereocenters. The standard InChI is InChI=1S/C25H31ClN4O2S/c1-6-29(17(4)5)20-10-8-19(9-11-20)27-23(31)15-33-25-28-22-13-18(26)7-12-21(22)24(32)30(25)14-16(2)3/h7-13,16-17H,6,14-15H2,1-5H3,(H,27,31). The maximum Gasteiger partial charge on any atom is 0.262 e. The number of benzene rings is 2. The number of nitrogens with zero attached hydrogens (tertiary/aromatic N) is 3. The van der Waals surface area contributed by atoms with E-state index in [4.69, 9.17) is 11.6 Å². The zero-order valence-corrected chi connectivity index (χ0v) is 21.3. The Morgan fingerprint density at radius 1 is 1.15 bits per heavy atom. The summed E-state index contributed by atoms with van der Waals surface area (Å²) >= 11 is 7.35. The molecule has 2 aromatic carbocycles. The molecule has 1 amide bonds. The van der Waals surface area contributed by atoms with Crippen molar-refractivity contribution in [2.24, 2.45) is 5.92 Å². The van der Waals surface area contributed by atoms with E-state index in [2.05, 4.69) is 36.0 Å². The molecule has 176 valence electrons. The second-order valence-corrected chi connectivity index (χ2v) is 10.0. The first-order valence-electron chi connectivity index (χ1n) is 11.2. The van der Waals surface area contributed by atoms with E-state index >= 15 is 0 Å². The van der Waals surface area contributed by atoms with Gasteiger partial charge in [-0.05, 0) is 69.2 Å². The first-order valence-corrected chi connectivity index (χ1v) is 12.5. The minimum absolute atomic E-state index is 0.116. The zero-order chi connectivity index (χ0) is 24.1. The molecule has 0 aliphatic rings. The largest absolute Gasteiger partial charge is 0.369 e. The van der Waals surface area contributed by atoms with Crippen LogP contribution in [0.2, 0.25) is 5.02 Å². The Bertz CT molecular complexity index is 1180. The van der Waals surface area contributed by atoms with Gasteiger partial charge in [-0.15, -0.1) is 0 Å². The summed E-state index contributed by atoms with van der Waals surface area (Å²) in [6.07, 6.45) is 0. The quantitative estimate of drug-likeness (QED) is 0.311. The molecular weight excluding hydrogens is 456 g/mol. The molecule has 0 radical (unpaired) electrons. The normalized spacial score (nSPS) is 11.4. The van der Waals surface area contributed by atoms with Crippen LogP contribution in [0, 0.1) is 5.92 Å². The van der Waals surface area contributed by atoms with Gasteiger partial charge in [0.2, 0.25) is 5.91 Å². The highest BCUT2D eigenvalue weighted by molar-refractivity contribution is 7.99. The van der Waals surface area contributed by atoms with Crippen LogP contribution in [-0.2, 0) is 11.3 Å². The highest BCUT2D eigenvalue weighted by atomic mass is 35.5. The van der Waals surface area contributed by atoms with Crippen LogP contribution in [0.25, 0.3) is 10.9 Å². The lowest BCUT2D eigenvalue weighted by atomic mass is 10.2. The number of carbonyl (C=O) groups excluding carboxylic acids is 1. The van der Waals surface area contributed by atoms with E-state index in [9.17, 15) is 9.59 Å². The monoisotopic (exact) mass is 486 g/mol. The Hall–Kier alpha value is -2.51. The Balaban J connectivity index is 1.75. The van der Waals surface area contributed by atoms with Gasteiger partial charge in [-0.25, -0.2) is 4.98 Å². The molecule has 1 heterocycles. The maximum absolute atomic E-state index is 13.1. The fourth-order valence-corrected chi connectivity index (χ4v) is 4.69. The SMILES string of the molecule is CCN(c1ccc(NC(=O)CSc2nc3cc(Cl)ccc3c(=O)n2CC(C)C)cc1)C(C)C. The van der Waals surface area contributed by atoms with Crippen molar-refractivity contribution in [2.75, 3.05) is 22.5 Å². The minimum Gasteiger partial charge on any atom is -0.369 e. The molecule has 33 heavy (non-hydrogen) atoms. The average Bonchev–Trinajstić information content (AvgIpc) is 2.75. The van der Waals surface area contributed by atoms with Crippen LogP contribution in [0.3, 0.4) is 0 Å². The third-order valence-electron chi connectivity index (χ3n) is 5.21. The summed E-state index contributed by atoms with van der Waals surface area (Å²) in [4.78, 5) is 32.6. The molecule has 1 N–H and O–H groups in total. The summed E-state index contributed by atoms with van der Waals surface area (Å²) in [5.74, 6) is 0.251. The van der Waals surface area contributed by atoms with E-state index in [-0.39, 0.29) is 23.1 Å². The van der Waals surface area contributed by atoms with Gasteiger partial charge in [-0.2, -0.15) is 0 Å². The average molecular weight is 487 g/mol. The predicted octanol–water partition coefficient (Wildman–Crippen LogP) is 5.67. The number of nitrogens with one attached hydrogen (secondary N) is 1. The molecule has 1 aromatic heterocycles. The lowest BCUT2D eigenvalue weighted by Gasteiger charge is -2.27. The topological polar surface area (TPSA) is 67.2 Å². The first-order chi connectivity index (χ1) is 15.7. The van der Waals surface area contributed by atoms with Crippen LogP contribution in [0.1, 0.15) is 34.6 Å². The number of hydrogen-bond donors (Lipinski definition) is 1. The third-order valence-corrected chi connectivity index (χ3v) is 6.42. The summed E-state index contributed by atoms with van der Waals surface area (Å²) in [5, 5.41) is 4.50. The molecule has 0 unspecified atom stereocenters. The van der Waals surface area contributed by atoms with Gasteiger partial charge >= 0.3 is 0 Å². The van der Waals surface area contributed by atoms with Gasteiger partial charge in [0.05, 0.1) is 16.7 Å². The van der Waals surface area contributed by atoms with E-state index in [0.717, 1.165) is 17.9 Å². The molecule has 3 rings (SSSR count). The van der Waals surface area contributed by atoms with Crippen molar-refractivity contribution in [3.63, 3.8) is 0 Å². The third kappa shape index (κ3) is 6.30. The molecule has 8 heteroatoms. The minimum atomic E-state index is -0.152. The molecule has 0 fully saturated rings. The van der Waals surface area contributed by atoms with Crippen molar-refractivity contribution in [3.05, 3.63) is 57.8 Å². The van der Waals surface area contributed by atoms with Crippen LogP contribution in [-0.4, -0.2) is 33.8 Å². The Labute approximate surface area is 204 Å². The lowest BCUT2D eigenvalue weighted by molar-refractivity contribution is -0.113. The van der Waals surface area contributed by atoms with E-state index < -0.39 is 0 Å². The van der Waals surface area contributed by atoms with Crippen molar-refractivity contribution in [1.82, 2.24) is 9.55 Å². The fraction of sp³-hybridized carbons (Fsp3) is 0.400. The van der Waals surface area contributed by atoms with Crippen LogP contribution >= 0.6 is 23.4 Å². The van der Waals surface area contributed by atoms with Crippen LogP contribution in [0.15, 0.2) is 52.4 Å². The van der Waals surface area contributed by atoms with E-state index in [0.29, 0.717) is 33.7 Å². The molecule has 0 aliphatic heterocycles. The Kier molecular flexibility index (Phi) is 8.43. The maximum atomic E-state index is 13.1. The highest BCUT2D eigenvalue weighted by Crippen LogP contribution is 2.23. The van der Waals surface area contributed by atoms with Gasteiger partial charge in [0.1, 0.15) is 0 Å². The zero-order valence-electron chi connectivity index (χ0n) is 19.8. The Morgan fingerprint density at radius 3 is 2.45 bits per heavy atom. The number of halogens is 1. The molecule has 0 spiro atoms. The van der Waals surface area contributed by atoms with Crippen LogP contribution in [0.4, 0.5) is 11.4 Å². The molecular formula is C25H31ClN4O2S. The van der Waals surface area contributed by atoms with Gasteiger partial charge in [0, 0.05) is 35.5 Å². The summed E-state index contributed by atoms with van der Waals surface area (Å²) < 4.78 is 1.65. The summed E-state index contributed by atoms with van der Waals surface area (Å²) in [5.41, 5.74) is 2.28.